The van der Waals surface area contributed by atoms with Gasteiger partial charge in [0.05, 0.1) is 0 Å². The summed E-state index contributed by atoms with van der Waals surface area (Å²) in [5.41, 5.74) is 5.43. The second kappa shape index (κ2) is 13.8. The van der Waals surface area contributed by atoms with Crippen molar-refractivity contribution in [2.45, 2.75) is 70.6 Å². The summed E-state index contributed by atoms with van der Waals surface area (Å²) >= 11 is 0. The van der Waals surface area contributed by atoms with Gasteiger partial charge in [-0.25, -0.2) is 9.59 Å². The first kappa shape index (κ1) is 31.4. The highest BCUT2D eigenvalue weighted by Gasteiger charge is 2.35. The van der Waals surface area contributed by atoms with E-state index in [-0.39, 0.29) is 24.0 Å². The number of nitrogens with one attached hydrogen (secondary N) is 2. The summed E-state index contributed by atoms with van der Waals surface area (Å²) in [6.45, 7) is 11.2. The molecular formula is C35H49N7O3. The van der Waals surface area contributed by atoms with Crippen molar-refractivity contribution in [1.29, 1.82) is 0 Å². The third-order valence-electron chi connectivity index (χ3n) is 10.5. The van der Waals surface area contributed by atoms with Gasteiger partial charge in [-0.1, -0.05) is 36.4 Å². The highest BCUT2D eigenvalue weighted by molar-refractivity contribution is 5.92. The molecule has 6 rings (SSSR count). The Labute approximate surface area is 267 Å². The van der Waals surface area contributed by atoms with E-state index in [0.717, 1.165) is 43.0 Å². The molecule has 3 saturated heterocycles. The molecule has 4 aliphatic rings. The summed E-state index contributed by atoms with van der Waals surface area (Å²) in [4.78, 5) is 51.1. The lowest BCUT2D eigenvalue weighted by molar-refractivity contribution is -0.135. The molecule has 3 fully saturated rings. The lowest BCUT2D eigenvalue weighted by Gasteiger charge is -2.43. The fourth-order valence-electron chi connectivity index (χ4n) is 7.39. The predicted octanol–water partition coefficient (Wildman–Crippen LogP) is 3.67. The maximum Gasteiger partial charge on any atom is 0.322 e. The molecular weight excluding hydrogens is 566 g/mol. The zero-order valence-electron chi connectivity index (χ0n) is 27.1. The maximum absolute atomic E-state index is 14.0. The van der Waals surface area contributed by atoms with E-state index in [1.54, 1.807) is 0 Å². The number of fused-ring (bicyclic) bond motifs is 1. The molecule has 4 aliphatic heterocycles. The Morgan fingerprint density at radius 1 is 0.844 bits per heavy atom. The van der Waals surface area contributed by atoms with Gasteiger partial charge in [0.2, 0.25) is 5.91 Å². The van der Waals surface area contributed by atoms with Crippen LogP contribution in [0.5, 0.6) is 0 Å². The molecule has 0 saturated carbocycles. The van der Waals surface area contributed by atoms with E-state index in [2.05, 4.69) is 59.5 Å². The summed E-state index contributed by atoms with van der Waals surface area (Å²) in [6.07, 6.45) is 4.24. The highest BCUT2D eigenvalue weighted by Crippen LogP contribution is 2.28. The maximum atomic E-state index is 14.0. The average Bonchev–Trinajstić information content (AvgIpc) is 3.06. The number of piperidine rings is 2. The number of piperazine rings is 1. The van der Waals surface area contributed by atoms with E-state index in [9.17, 15) is 14.4 Å². The van der Waals surface area contributed by atoms with Crippen LogP contribution in [0.3, 0.4) is 0 Å². The standard InChI is InChI=1S/C35H49N7O3/c1-25-8-9-27(22-26(25)2)23-32(33(43)40-20-18-39(19-21-40)29-10-14-38(3)15-11-29)37-34(44)41-16-12-30(13-17-41)42-24-28-6-4-5-7-31(28)36-35(42)45/h4-9,22,29-30,32H,10-21,23-24H2,1-3H3,(H,36,45)(H,37,44). The Morgan fingerprint density at radius 3 is 2.24 bits per heavy atom. The van der Waals surface area contributed by atoms with Gasteiger partial charge in [0.25, 0.3) is 0 Å². The number of amides is 5. The summed E-state index contributed by atoms with van der Waals surface area (Å²) in [5.74, 6) is 0.00291. The average molecular weight is 616 g/mol. The number of carbonyl (C=O) groups is 3. The Morgan fingerprint density at radius 2 is 1.53 bits per heavy atom. The molecule has 0 aromatic heterocycles. The van der Waals surface area contributed by atoms with E-state index in [4.69, 9.17) is 0 Å². The molecule has 1 atom stereocenters. The number of likely N-dealkylation sites (tertiary alicyclic amines) is 2. The molecule has 0 bridgehead atoms. The van der Waals surface area contributed by atoms with Crippen LogP contribution in [0.1, 0.15) is 47.9 Å². The van der Waals surface area contributed by atoms with Gasteiger partial charge >= 0.3 is 12.1 Å². The SMILES string of the molecule is Cc1ccc(CC(NC(=O)N2CCC(N3Cc4ccccc4NC3=O)CC2)C(=O)N2CCN(C3CCN(C)CC3)CC2)cc1C. The van der Waals surface area contributed by atoms with Crippen molar-refractivity contribution in [1.82, 2.24) is 29.8 Å². The second-order valence-electron chi connectivity index (χ2n) is 13.5. The Balaban J connectivity index is 1.07. The van der Waals surface area contributed by atoms with Crippen LogP contribution in [0.4, 0.5) is 15.3 Å². The highest BCUT2D eigenvalue weighted by atomic mass is 16.2. The summed E-state index contributed by atoms with van der Waals surface area (Å²) < 4.78 is 0. The quantitative estimate of drug-likeness (QED) is 0.518. The molecule has 10 nitrogen and oxygen atoms in total. The first-order chi connectivity index (χ1) is 21.7. The van der Waals surface area contributed by atoms with Crippen LogP contribution < -0.4 is 10.6 Å². The number of aryl methyl sites for hydroxylation is 2. The fourth-order valence-corrected chi connectivity index (χ4v) is 7.39. The molecule has 0 spiro atoms. The molecule has 0 aliphatic carbocycles. The topological polar surface area (TPSA) is 91.5 Å². The lowest BCUT2D eigenvalue weighted by Crippen LogP contribution is -2.59. The van der Waals surface area contributed by atoms with Crippen molar-refractivity contribution in [2.75, 3.05) is 64.7 Å². The third-order valence-corrected chi connectivity index (χ3v) is 10.5. The van der Waals surface area contributed by atoms with Crippen LogP contribution >= 0.6 is 0 Å². The normalized spacial score (nSPS) is 21.3. The Hall–Kier alpha value is -3.63. The van der Waals surface area contributed by atoms with E-state index in [1.165, 1.54) is 24.0 Å². The van der Waals surface area contributed by atoms with Gasteiger partial charge in [0.1, 0.15) is 6.04 Å². The van der Waals surface area contributed by atoms with Crippen molar-refractivity contribution < 1.29 is 14.4 Å². The Kier molecular flexibility index (Phi) is 9.61. The number of rotatable bonds is 6. The molecule has 45 heavy (non-hydrogen) atoms. The largest absolute Gasteiger partial charge is 0.338 e. The minimum Gasteiger partial charge on any atom is -0.338 e. The smallest absolute Gasteiger partial charge is 0.322 e. The van der Waals surface area contributed by atoms with Crippen LogP contribution in [0.25, 0.3) is 0 Å². The van der Waals surface area contributed by atoms with Crippen molar-refractivity contribution in [2.24, 2.45) is 0 Å². The Bertz CT molecular complexity index is 1380. The second-order valence-corrected chi connectivity index (χ2v) is 13.5. The molecule has 5 amide bonds. The zero-order valence-corrected chi connectivity index (χ0v) is 27.1. The molecule has 2 aromatic rings. The van der Waals surface area contributed by atoms with Gasteiger partial charge in [-0.3, -0.25) is 9.69 Å². The van der Waals surface area contributed by atoms with Gasteiger partial charge in [0.15, 0.2) is 0 Å². The van der Waals surface area contributed by atoms with Crippen LogP contribution in [-0.4, -0.2) is 120 Å². The summed E-state index contributed by atoms with van der Waals surface area (Å²) in [5, 5.41) is 6.16. The van der Waals surface area contributed by atoms with E-state index < -0.39 is 6.04 Å². The summed E-state index contributed by atoms with van der Waals surface area (Å²) in [6, 6.07) is 14.0. The lowest BCUT2D eigenvalue weighted by atomic mass is 9.99. The van der Waals surface area contributed by atoms with Gasteiger partial charge in [-0.15, -0.1) is 0 Å². The van der Waals surface area contributed by atoms with E-state index >= 15 is 0 Å². The molecule has 242 valence electrons. The summed E-state index contributed by atoms with van der Waals surface area (Å²) in [7, 11) is 2.19. The number of hydrogen-bond acceptors (Lipinski definition) is 5. The first-order valence-corrected chi connectivity index (χ1v) is 16.7. The first-order valence-electron chi connectivity index (χ1n) is 16.7. The van der Waals surface area contributed by atoms with E-state index in [1.807, 2.05) is 39.0 Å². The van der Waals surface area contributed by atoms with Crippen molar-refractivity contribution in [3.63, 3.8) is 0 Å². The van der Waals surface area contributed by atoms with Gasteiger partial charge in [-0.2, -0.15) is 0 Å². The molecule has 1 unspecified atom stereocenters. The van der Waals surface area contributed by atoms with Crippen LogP contribution in [0.2, 0.25) is 0 Å². The fraction of sp³-hybridized carbons (Fsp3) is 0.571. The monoisotopic (exact) mass is 615 g/mol. The molecule has 0 radical (unpaired) electrons. The molecule has 2 N–H and O–H groups in total. The van der Waals surface area contributed by atoms with Gasteiger partial charge in [0, 0.05) is 70.0 Å². The number of para-hydroxylation sites is 1. The van der Waals surface area contributed by atoms with Crippen molar-refractivity contribution in [3.05, 3.63) is 64.7 Å². The number of benzene rings is 2. The van der Waals surface area contributed by atoms with Gasteiger partial charge < -0.3 is 30.2 Å². The number of nitrogens with zero attached hydrogens (tertiary/aromatic N) is 5. The van der Waals surface area contributed by atoms with Crippen LogP contribution in [0, 0.1) is 13.8 Å². The number of carbonyl (C=O) groups excluding carboxylic acids is 3. The van der Waals surface area contributed by atoms with Crippen LogP contribution in [0.15, 0.2) is 42.5 Å². The molecule has 2 aromatic carbocycles. The molecule has 10 heteroatoms. The minimum atomic E-state index is -0.628. The van der Waals surface area contributed by atoms with Crippen molar-refractivity contribution >= 4 is 23.7 Å². The number of urea groups is 2. The minimum absolute atomic E-state index is 0.00291. The van der Waals surface area contributed by atoms with Crippen molar-refractivity contribution in [3.8, 4) is 0 Å². The molecule has 4 heterocycles. The third kappa shape index (κ3) is 7.28. The zero-order chi connectivity index (χ0) is 31.5. The predicted molar refractivity (Wildman–Crippen MR) is 176 cm³/mol. The van der Waals surface area contributed by atoms with E-state index in [0.29, 0.717) is 58.0 Å². The number of hydrogen-bond donors (Lipinski definition) is 2. The van der Waals surface area contributed by atoms with Gasteiger partial charge in [-0.05, 0) is 88.0 Å². The number of anilines is 1. The van der Waals surface area contributed by atoms with Crippen LogP contribution in [-0.2, 0) is 17.8 Å².